The van der Waals surface area contributed by atoms with E-state index >= 15 is 0 Å². The first-order valence-electron chi connectivity index (χ1n) is 10.4. The third kappa shape index (κ3) is 4.82. The van der Waals surface area contributed by atoms with Crippen molar-refractivity contribution in [3.8, 4) is 5.75 Å². The number of benzene rings is 3. The summed E-state index contributed by atoms with van der Waals surface area (Å²) in [5, 5.41) is 4.09. The molecule has 1 aromatic heterocycles. The SMILES string of the molecule is COC(=O)c1cccc(Sc2cc(C)c3ncc(C(N)=O)c(Nc4cccc(OC)c4)c3c2)c1. The molecule has 1 amide bonds. The van der Waals surface area contributed by atoms with Crippen LogP contribution in [0.4, 0.5) is 11.4 Å². The van der Waals surface area contributed by atoms with Crippen molar-refractivity contribution in [3.63, 3.8) is 0 Å². The number of rotatable bonds is 7. The number of aryl methyl sites for hydroxylation is 1. The minimum Gasteiger partial charge on any atom is -0.497 e. The predicted molar refractivity (Wildman–Crippen MR) is 133 cm³/mol. The molecule has 0 fully saturated rings. The van der Waals surface area contributed by atoms with Gasteiger partial charge in [0.15, 0.2) is 0 Å². The van der Waals surface area contributed by atoms with Gasteiger partial charge in [0, 0.05) is 33.1 Å². The van der Waals surface area contributed by atoms with Crippen LogP contribution < -0.4 is 15.8 Å². The summed E-state index contributed by atoms with van der Waals surface area (Å²) in [7, 11) is 2.95. The van der Waals surface area contributed by atoms with Gasteiger partial charge in [-0.2, -0.15) is 0 Å². The van der Waals surface area contributed by atoms with Gasteiger partial charge < -0.3 is 20.5 Å². The monoisotopic (exact) mass is 473 g/mol. The number of nitrogens with zero attached hydrogens (tertiary/aromatic N) is 1. The van der Waals surface area contributed by atoms with Gasteiger partial charge in [0.1, 0.15) is 5.75 Å². The molecule has 3 aromatic carbocycles. The minimum atomic E-state index is -0.582. The summed E-state index contributed by atoms with van der Waals surface area (Å²) in [6.07, 6.45) is 1.49. The predicted octanol–water partition coefficient (Wildman–Crippen LogP) is 5.33. The number of carbonyl (C=O) groups is 2. The van der Waals surface area contributed by atoms with Crippen LogP contribution in [-0.4, -0.2) is 31.1 Å². The van der Waals surface area contributed by atoms with Crippen LogP contribution in [0.5, 0.6) is 5.75 Å². The van der Waals surface area contributed by atoms with Crippen molar-refractivity contribution in [3.05, 3.63) is 83.6 Å². The number of primary amides is 1. The molecule has 1 heterocycles. The Hall–Kier alpha value is -4.04. The molecule has 0 spiro atoms. The van der Waals surface area contributed by atoms with Crippen molar-refractivity contribution in [1.82, 2.24) is 4.98 Å². The summed E-state index contributed by atoms with van der Waals surface area (Å²) < 4.78 is 10.1. The fraction of sp³-hybridized carbons (Fsp3) is 0.115. The highest BCUT2D eigenvalue weighted by atomic mass is 32.2. The molecule has 4 rings (SSSR count). The molecule has 172 valence electrons. The lowest BCUT2D eigenvalue weighted by atomic mass is 10.1. The molecule has 8 heteroatoms. The van der Waals surface area contributed by atoms with Crippen molar-refractivity contribution < 1.29 is 19.1 Å². The molecule has 7 nitrogen and oxygen atoms in total. The van der Waals surface area contributed by atoms with Crippen LogP contribution in [0.25, 0.3) is 10.9 Å². The van der Waals surface area contributed by atoms with Gasteiger partial charge in [0.05, 0.1) is 36.6 Å². The van der Waals surface area contributed by atoms with Crippen LogP contribution >= 0.6 is 11.8 Å². The van der Waals surface area contributed by atoms with Gasteiger partial charge in [0.25, 0.3) is 5.91 Å². The van der Waals surface area contributed by atoms with Crippen LogP contribution in [-0.2, 0) is 4.74 Å². The second kappa shape index (κ2) is 9.84. The van der Waals surface area contributed by atoms with Gasteiger partial charge in [-0.05, 0) is 55.0 Å². The zero-order valence-corrected chi connectivity index (χ0v) is 19.7. The van der Waals surface area contributed by atoms with Gasteiger partial charge in [-0.3, -0.25) is 9.78 Å². The Bertz CT molecular complexity index is 1400. The van der Waals surface area contributed by atoms with Crippen molar-refractivity contribution in [1.29, 1.82) is 0 Å². The third-order valence-corrected chi connectivity index (χ3v) is 6.19. The maximum atomic E-state index is 12.2. The highest BCUT2D eigenvalue weighted by Crippen LogP contribution is 2.37. The number of esters is 1. The number of methoxy groups -OCH3 is 2. The number of anilines is 2. The Morgan fingerprint density at radius 2 is 1.79 bits per heavy atom. The second-order valence-corrected chi connectivity index (χ2v) is 8.67. The highest BCUT2D eigenvalue weighted by molar-refractivity contribution is 7.99. The summed E-state index contributed by atoms with van der Waals surface area (Å²) in [5.41, 5.74) is 9.44. The summed E-state index contributed by atoms with van der Waals surface area (Å²) in [4.78, 5) is 30.4. The Morgan fingerprint density at radius 3 is 2.53 bits per heavy atom. The van der Waals surface area contributed by atoms with Crippen LogP contribution in [0.3, 0.4) is 0 Å². The van der Waals surface area contributed by atoms with Gasteiger partial charge >= 0.3 is 5.97 Å². The number of aromatic nitrogens is 1. The summed E-state index contributed by atoms with van der Waals surface area (Å²) in [5.74, 6) is -0.291. The average molecular weight is 474 g/mol. The first-order chi connectivity index (χ1) is 16.4. The number of carbonyl (C=O) groups excluding carboxylic acids is 2. The highest BCUT2D eigenvalue weighted by Gasteiger charge is 2.17. The smallest absolute Gasteiger partial charge is 0.337 e. The lowest BCUT2D eigenvalue weighted by molar-refractivity contribution is 0.0600. The van der Waals surface area contributed by atoms with Crippen LogP contribution in [0.2, 0.25) is 0 Å². The number of nitrogens with two attached hydrogens (primary N) is 1. The number of hydrogen-bond acceptors (Lipinski definition) is 7. The normalized spacial score (nSPS) is 10.7. The van der Waals surface area contributed by atoms with Crippen molar-refractivity contribution >= 4 is 45.9 Å². The Balaban J connectivity index is 1.81. The van der Waals surface area contributed by atoms with Crippen molar-refractivity contribution in [2.75, 3.05) is 19.5 Å². The molecule has 0 bridgehead atoms. The van der Waals surface area contributed by atoms with E-state index in [9.17, 15) is 9.59 Å². The number of fused-ring (bicyclic) bond motifs is 1. The number of amides is 1. The average Bonchev–Trinajstić information content (AvgIpc) is 2.84. The maximum absolute atomic E-state index is 12.2. The molecule has 0 saturated carbocycles. The lowest BCUT2D eigenvalue weighted by Gasteiger charge is -2.16. The molecule has 0 aliphatic carbocycles. The molecule has 0 unspecified atom stereocenters. The summed E-state index contributed by atoms with van der Waals surface area (Å²) in [6, 6.07) is 18.6. The van der Waals surface area contributed by atoms with Crippen LogP contribution in [0.1, 0.15) is 26.3 Å². The maximum Gasteiger partial charge on any atom is 0.337 e. The first kappa shape index (κ1) is 23.1. The van der Waals surface area contributed by atoms with E-state index in [1.54, 1.807) is 19.2 Å². The van der Waals surface area contributed by atoms with E-state index in [1.165, 1.54) is 25.1 Å². The minimum absolute atomic E-state index is 0.282. The van der Waals surface area contributed by atoms with E-state index in [1.807, 2.05) is 55.5 Å². The van der Waals surface area contributed by atoms with Gasteiger partial charge in [0.2, 0.25) is 0 Å². The van der Waals surface area contributed by atoms with E-state index in [0.717, 1.165) is 31.9 Å². The molecule has 0 atom stereocenters. The summed E-state index contributed by atoms with van der Waals surface area (Å²) in [6.45, 7) is 1.96. The fourth-order valence-corrected chi connectivity index (χ4v) is 4.63. The number of nitrogens with one attached hydrogen (secondary N) is 1. The van der Waals surface area contributed by atoms with Crippen LogP contribution in [0, 0.1) is 6.92 Å². The molecular formula is C26H23N3O4S. The lowest BCUT2D eigenvalue weighted by Crippen LogP contribution is -2.14. The molecule has 0 aliphatic rings. The third-order valence-electron chi connectivity index (χ3n) is 5.23. The van der Waals surface area contributed by atoms with E-state index in [0.29, 0.717) is 17.0 Å². The first-order valence-corrected chi connectivity index (χ1v) is 11.2. The van der Waals surface area contributed by atoms with Crippen molar-refractivity contribution in [2.45, 2.75) is 16.7 Å². The number of ether oxygens (including phenoxy) is 2. The Labute approximate surface area is 201 Å². The summed E-state index contributed by atoms with van der Waals surface area (Å²) >= 11 is 1.49. The molecule has 0 radical (unpaired) electrons. The standard InChI is InChI=1S/C26H23N3O4S/c1-15-10-20(34-19-9-4-6-16(11-19)26(31)33-3)13-21-23(15)28-14-22(25(27)30)24(21)29-17-7-5-8-18(12-17)32-2/h4-14H,1-3H3,(H2,27,30)(H,28,29). The number of hydrogen-bond donors (Lipinski definition) is 2. The van der Waals surface area contributed by atoms with E-state index in [-0.39, 0.29) is 5.56 Å². The van der Waals surface area contributed by atoms with Crippen LogP contribution in [0.15, 0.2) is 76.7 Å². The quantitative estimate of drug-likeness (QED) is 0.350. The zero-order valence-electron chi connectivity index (χ0n) is 18.9. The molecule has 0 aliphatic heterocycles. The van der Waals surface area contributed by atoms with E-state index in [2.05, 4.69) is 10.3 Å². The largest absolute Gasteiger partial charge is 0.497 e. The Morgan fingerprint density at radius 1 is 1.00 bits per heavy atom. The molecular weight excluding hydrogens is 450 g/mol. The van der Waals surface area contributed by atoms with E-state index in [4.69, 9.17) is 15.2 Å². The topological polar surface area (TPSA) is 104 Å². The van der Waals surface area contributed by atoms with Crippen molar-refractivity contribution in [2.24, 2.45) is 5.73 Å². The second-order valence-electron chi connectivity index (χ2n) is 7.53. The molecule has 34 heavy (non-hydrogen) atoms. The van der Waals surface area contributed by atoms with Gasteiger partial charge in [-0.15, -0.1) is 0 Å². The Kier molecular flexibility index (Phi) is 6.70. The van der Waals surface area contributed by atoms with Gasteiger partial charge in [-0.1, -0.05) is 23.9 Å². The van der Waals surface area contributed by atoms with E-state index < -0.39 is 11.9 Å². The molecule has 3 N–H and O–H groups in total. The zero-order chi connectivity index (χ0) is 24.2. The fourth-order valence-electron chi connectivity index (χ4n) is 3.61. The number of pyridine rings is 1. The van der Waals surface area contributed by atoms with Gasteiger partial charge in [-0.25, -0.2) is 4.79 Å². The molecule has 0 saturated heterocycles. The molecule has 4 aromatic rings.